The first kappa shape index (κ1) is 17.7. The quantitative estimate of drug-likeness (QED) is 0.485. The molecule has 0 heterocycles. The molecule has 3 nitrogen and oxygen atoms in total. The van der Waals surface area contributed by atoms with E-state index in [0.29, 0.717) is 11.3 Å². The molecule has 1 N–H and O–H groups in total. The van der Waals surface area contributed by atoms with Crippen LogP contribution < -0.4 is 5.32 Å². The summed E-state index contributed by atoms with van der Waals surface area (Å²) in [7, 11) is 1.82. The summed E-state index contributed by atoms with van der Waals surface area (Å²) >= 11 is 0. The fourth-order valence-electron chi connectivity index (χ4n) is 1.34. The fourth-order valence-corrected chi connectivity index (χ4v) is 1.34. The molecule has 1 aromatic rings. The molecule has 1 rings (SSSR count). The molecular formula is C17H23NO2. The molecule has 0 aromatic heterocycles. The Morgan fingerprint density at radius 2 is 1.85 bits per heavy atom. The lowest BCUT2D eigenvalue weighted by Gasteiger charge is -2.05. The molecule has 0 bridgehead atoms. The number of benzene rings is 1. The normalized spacial score (nSPS) is 10.5. The van der Waals surface area contributed by atoms with Crippen LogP contribution in [0.5, 0.6) is 0 Å². The van der Waals surface area contributed by atoms with Crippen LogP contribution in [0.1, 0.15) is 31.1 Å². The van der Waals surface area contributed by atoms with E-state index >= 15 is 0 Å². The van der Waals surface area contributed by atoms with E-state index in [-0.39, 0.29) is 5.97 Å². The van der Waals surface area contributed by atoms with Crippen LogP contribution in [0, 0.1) is 0 Å². The minimum atomic E-state index is -0.385. The van der Waals surface area contributed by atoms with Gasteiger partial charge in [-0.25, -0.2) is 4.79 Å². The summed E-state index contributed by atoms with van der Waals surface area (Å²) in [4.78, 5) is 11.9. The first-order valence-corrected chi connectivity index (χ1v) is 6.66. The van der Waals surface area contributed by atoms with Gasteiger partial charge in [-0.15, -0.1) is 0 Å². The molecule has 0 aliphatic heterocycles. The Bertz CT molecular complexity index is 470. The molecule has 1 aromatic carbocycles. The third kappa shape index (κ3) is 6.05. The largest absolute Gasteiger partial charge is 0.423 e. The summed E-state index contributed by atoms with van der Waals surface area (Å²) in [6.45, 7) is 9.43. The predicted molar refractivity (Wildman–Crippen MR) is 85.8 cm³/mol. The van der Waals surface area contributed by atoms with Gasteiger partial charge < -0.3 is 10.1 Å². The number of rotatable bonds is 5. The Labute approximate surface area is 121 Å². The number of hydrogen-bond donors (Lipinski definition) is 1. The second-order valence-electron chi connectivity index (χ2n) is 3.52. The molecule has 0 amide bonds. The van der Waals surface area contributed by atoms with Crippen LogP contribution in [-0.4, -0.2) is 13.0 Å². The summed E-state index contributed by atoms with van der Waals surface area (Å²) in [5.74, 6) is 0.0825. The Morgan fingerprint density at radius 3 is 2.30 bits per heavy atom. The number of ether oxygens (including phenoxy) is 1. The molecule has 108 valence electrons. The molecular weight excluding hydrogens is 250 g/mol. The highest BCUT2D eigenvalue weighted by atomic mass is 16.5. The Hall–Kier alpha value is -2.29. The minimum Gasteiger partial charge on any atom is -0.423 e. The summed E-state index contributed by atoms with van der Waals surface area (Å²) in [6.07, 6.45) is 6.72. The minimum absolute atomic E-state index is 0.385. The molecule has 0 atom stereocenters. The number of allylic oxidation sites excluding steroid dienone is 4. The van der Waals surface area contributed by atoms with Crippen LogP contribution in [0.4, 0.5) is 5.69 Å². The molecule has 0 radical (unpaired) electrons. The van der Waals surface area contributed by atoms with Gasteiger partial charge in [0.2, 0.25) is 0 Å². The Kier molecular flexibility index (Phi) is 9.40. The third-order valence-electron chi connectivity index (χ3n) is 2.23. The van der Waals surface area contributed by atoms with Crippen molar-refractivity contribution in [1.82, 2.24) is 0 Å². The van der Waals surface area contributed by atoms with Crippen molar-refractivity contribution in [2.75, 3.05) is 12.4 Å². The third-order valence-corrected chi connectivity index (χ3v) is 2.23. The molecule has 3 heteroatoms. The SMILES string of the molecule is C=C/C=C(\C=C/C)OC(=O)c1ccc(NC)cc1.CC. The van der Waals surface area contributed by atoms with Gasteiger partial charge >= 0.3 is 5.97 Å². The van der Waals surface area contributed by atoms with Gasteiger partial charge in [0.15, 0.2) is 0 Å². The van der Waals surface area contributed by atoms with Crippen molar-refractivity contribution in [3.8, 4) is 0 Å². The van der Waals surface area contributed by atoms with E-state index in [0.717, 1.165) is 5.69 Å². The van der Waals surface area contributed by atoms with E-state index in [1.807, 2.05) is 40.0 Å². The van der Waals surface area contributed by atoms with Crippen molar-refractivity contribution >= 4 is 11.7 Å². The van der Waals surface area contributed by atoms with Gasteiger partial charge in [-0.3, -0.25) is 0 Å². The first-order chi connectivity index (χ1) is 9.71. The van der Waals surface area contributed by atoms with Crippen LogP contribution >= 0.6 is 0 Å². The maximum atomic E-state index is 11.9. The highest BCUT2D eigenvalue weighted by Crippen LogP contribution is 2.12. The number of esters is 1. The van der Waals surface area contributed by atoms with Gasteiger partial charge in [-0.2, -0.15) is 0 Å². The molecule has 20 heavy (non-hydrogen) atoms. The van der Waals surface area contributed by atoms with Crippen LogP contribution in [0.2, 0.25) is 0 Å². The average Bonchev–Trinajstić information content (AvgIpc) is 2.50. The van der Waals surface area contributed by atoms with Crippen molar-refractivity contribution in [3.05, 3.63) is 66.5 Å². The molecule has 0 aliphatic carbocycles. The number of nitrogens with one attached hydrogen (secondary N) is 1. The van der Waals surface area contributed by atoms with Crippen LogP contribution in [0.3, 0.4) is 0 Å². The number of carbonyl (C=O) groups is 1. The van der Waals surface area contributed by atoms with Gasteiger partial charge in [-0.05, 0) is 43.3 Å². The monoisotopic (exact) mass is 273 g/mol. The molecule has 0 unspecified atom stereocenters. The van der Waals surface area contributed by atoms with E-state index in [4.69, 9.17) is 4.74 Å². The Morgan fingerprint density at radius 1 is 1.25 bits per heavy atom. The zero-order valence-electron chi connectivity index (χ0n) is 12.6. The van der Waals surface area contributed by atoms with Crippen molar-refractivity contribution < 1.29 is 9.53 Å². The van der Waals surface area contributed by atoms with E-state index in [1.165, 1.54) is 0 Å². The lowest BCUT2D eigenvalue weighted by atomic mass is 10.2. The summed E-state index contributed by atoms with van der Waals surface area (Å²) in [5, 5.41) is 2.99. The molecule has 0 fully saturated rings. The molecule has 0 saturated carbocycles. The van der Waals surface area contributed by atoms with Gasteiger partial charge in [0.25, 0.3) is 0 Å². The Balaban J connectivity index is 0.00000172. The molecule has 0 aliphatic rings. The summed E-state index contributed by atoms with van der Waals surface area (Å²) < 4.78 is 5.23. The number of hydrogen-bond acceptors (Lipinski definition) is 3. The standard InChI is InChI=1S/C15H17NO2.C2H6/c1-4-6-14(7-5-2)18-15(17)12-8-10-13(16-3)11-9-12;1-2/h4-11,16H,1H2,2-3H3;1-2H3/b7-5-,14-6+;. The van der Waals surface area contributed by atoms with Gasteiger partial charge in [0.05, 0.1) is 5.56 Å². The molecule has 0 saturated heterocycles. The first-order valence-electron chi connectivity index (χ1n) is 6.66. The van der Waals surface area contributed by atoms with Gasteiger partial charge in [0.1, 0.15) is 5.76 Å². The fraction of sp³-hybridized carbons (Fsp3) is 0.235. The van der Waals surface area contributed by atoms with Crippen LogP contribution in [-0.2, 0) is 4.74 Å². The second-order valence-corrected chi connectivity index (χ2v) is 3.52. The zero-order valence-corrected chi connectivity index (χ0v) is 12.6. The maximum Gasteiger partial charge on any atom is 0.343 e. The average molecular weight is 273 g/mol. The highest BCUT2D eigenvalue weighted by molar-refractivity contribution is 5.90. The summed E-state index contributed by atoms with van der Waals surface area (Å²) in [5.41, 5.74) is 1.45. The smallest absolute Gasteiger partial charge is 0.343 e. The van der Waals surface area contributed by atoms with E-state index in [2.05, 4.69) is 11.9 Å². The topological polar surface area (TPSA) is 38.3 Å². The number of anilines is 1. The lowest BCUT2D eigenvalue weighted by Crippen LogP contribution is -2.04. The second kappa shape index (κ2) is 10.6. The van der Waals surface area contributed by atoms with E-state index < -0.39 is 0 Å². The lowest BCUT2D eigenvalue weighted by molar-refractivity contribution is 0.0637. The maximum absolute atomic E-state index is 11.9. The van der Waals surface area contributed by atoms with Gasteiger partial charge in [0, 0.05) is 12.7 Å². The van der Waals surface area contributed by atoms with Gasteiger partial charge in [-0.1, -0.05) is 32.6 Å². The van der Waals surface area contributed by atoms with Crippen molar-refractivity contribution in [3.63, 3.8) is 0 Å². The van der Waals surface area contributed by atoms with E-state index in [9.17, 15) is 4.79 Å². The van der Waals surface area contributed by atoms with Crippen molar-refractivity contribution in [1.29, 1.82) is 0 Å². The van der Waals surface area contributed by atoms with Crippen molar-refractivity contribution in [2.45, 2.75) is 20.8 Å². The zero-order chi connectivity index (χ0) is 15.4. The number of carbonyl (C=O) groups excluding carboxylic acids is 1. The van der Waals surface area contributed by atoms with Crippen LogP contribution in [0.25, 0.3) is 0 Å². The predicted octanol–water partition coefficient (Wildman–Crippen LogP) is 4.56. The van der Waals surface area contributed by atoms with Crippen molar-refractivity contribution in [2.24, 2.45) is 0 Å². The summed E-state index contributed by atoms with van der Waals surface area (Å²) in [6, 6.07) is 7.08. The molecule has 0 spiro atoms. The van der Waals surface area contributed by atoms with Crippen LogP contribution in [0.15, 0.2) is 60.9 Å². The van der Waals surface area contributed by atoms with E-state index in [1.54, 1.807) is 36.4 Å². The highest BCUT2D eigenvalue weighted by Gasteiger charge is 2.08.